The molecule has 0 aliphatic heterocycles. The molecule has 0 radical (unpaired) electrons. The van der Waals surface area contributed by atoms with Gasteiger partial charge in [-0.15, -0.1) is 0 Å². The van der Waals surface area contributed by atoms with Crippen molar-refractivity contribution in [3.05, 3.63) is 56.6 Å². The van der Waals surface area contributed by atoms with Gasteiger partial charge in [0.25, 0.3) is 0 Å². The van der Waals surface area contributed by atoms with Crippen LogP contribution in [0.25, 0.3) is 0 Å². The molecule has 0 spiro atoms. The Bertz CT molecular complexity index is 531. The van der Waals surface area contributed by atoms with Crippen molar-refractivity contribution >= 4 is 34.2 Å². The van der Waals surface area contributed by atoms with Gasteiger partial charge in [-0.1, -0.05) is 29.8 Å². The lowest BCUT2D eigenvalue weighted by Crippen LogP contribution is -2.00. The molecular formula is C13H11ClINO. The monoisotopic (exact) mass is 359 g/mol. The highest BCUT2D eigenvalue weighted by molar-refractivity contribution is 14.1. The Labute approximate surface area is 119 Å². The summed E-state index contributed by atoms with van der Waals surface area (Å²) in [7, 11) is 0. The van der Waals surface area contributed by atoms with Crippen LogP contribution < -0.4 is 10.5 Å². The SMILES string of the molecule is NCc1c(Cl)cccc1Oc1ccccc1I. The molecule has 0 atom stereocenters. The van der Waals surface area contributed by atoms with Crippen molar-refractivity contribution in [1.29, 1.82) is 0 Å². The van der Waals surface area contributed by atoms with E-state index in [-0.39, 0.29) is 0 Å². The number of hydrogen-bond donors (Lipinski definition) is 1. The summed E-state index contributed by atoms with van der Waals surface area (Å²) in [5.41, 5.74) is 6.50. The van der Waals surface area contributed by atoms with Gasteiger partial charge < -0.3 is 10.5 Å². The largest absolute Gasteiger partial charge is 0.456 e. The maximum Gasteiger partial charge on any atom is 0.140 e. The van der Waals surface area contributed by atoms with Gasteiger partial charge in [-0.2, -0.15) is 0 Å². The number of para-hydroxylation sites is 1. The molecule has 88 valence electrons. The van der Waals surface area contributed by atoms with Crippen molar-refractivity contribution in [2.45, 2.75) is 6.54 Å². The van der Waals surface area contributed by atoms with Crippen molar-refractivity contribution in [3.63, 3.8) is 0 Å². The van der Waals surface area contributed by atoms with Crippen LogP contribution in [-0.2, 0) is 6.54 Å². The second-order valence-electron chi connectivity index (χ2n) is 3.45. The molecule has 0 bridgehead atoms. The normalized spacial score (nSPS) is 10.3. The summed E-state index contributed by atoms with van der Waals surface area (Å²) < 4.78 is 6.89. The van der Waals surface area contributed by atoms with Crippen LogP contribution in [0.2, 0.25) is 5.02 Å². The third kappa shape index (κ3) is 2.91. The summed E-state index contributed by atoms with van der Waals surface area (Å²) in [6, 6.07) is 13.3. The minimum absolute atomic E-state index is 0.360. The zero-order valence-electron chi connectivity index (χ0n) is 8.99. The molecule has 4 heteroatoms. The number of nitrogens with two attached hydrogens (primary N) is 1. The van der Waals surface area contributed by atoms with Crippen LogP contribution in [0.5, 0.6) is 11.5 Å². The van der Waals surface area contributed by atoms with E-state index in [0.717, 1.165) is 14.9 Å². The Morgan fingerprint density at radius 2 is 1.76 bits per heavy atom. The maximum atomic E-state index is 6.07. The van der Waals surface area contributed by atoms with Gasteiger partial charge in [-0.05, 0) is 46.9 Å². The smallest absolute Gasteiger partial charge is 0.140 e. The molecule has 2 aromatic carbocycles. The van der Waals surface area contributed by atoms with E-state index in [1.165, 1.54) is 0 Å². The number of ether oxygens (including phenoxy) is 1. The second-order valence-corrected chi connectivity index (χ2v) is 5.02. The summed E-state index contributed by atoms with van der Waals surface area (Å²) in [6.45, 7) is 0.360. The average molecular weight is 360 g/mol. The first-order valence-corrected chi connectivity index (χ1v) is 6.58. The molecule has 2 rings (SSSR count). The quantitative estimate of drug-likeness (QED) is 0.834. The Hall–Kier alpha value is -0.780. The molecule has 0 fully saturated rings. The van der Waals surface area contributed by atoms with Crippen LogP contribution in [0, 0.1) is 3.57 Å². The fraction of sp³-hybridized carbons (Fsp3) is 0.0769. The van der Waals surface area contributed by atoms with Crippen molar-refractivity contribution in [2.75, 3.05) is 0 Å². The second kappa shape index (κ2) is 5.71. The fourth-order valence-electron chi connectivity index (χ4n) is 1.48. The number of benzene rings is 2. The Kier molecular flexibility index (Phi) is 4.25. The fourth-order valence-corrected chi connectivity index (χ4v) is 2.22. The molecule has 2 nitrogen and oxygen atoms in total. The van der Waals surface area contributed by atoms with Crippen LogP contribution in [0.1, 0.15) is 5.56 Å². The van der Waals surface area contributed by atoms with Crippen LogP contribution in [0.3, 0.4) is 0 Å². The van der Waals surface area contributed by atoms with Gasteiger partial charge in [0, 0.05) is 17.1 Å². The van der Waals surface area contributed by atoms with E-state index in [0.29, 0.717) is 17.3 Å². The summed E-state index contributed by atoms with van der Waals surface area (Å²) in [6.07, 6.45) is 0. The van der Waals surface area contributed by atoms with Gasteiger partial charge in [0.2, 0.25) is 0 Å². The van der Waals surface area contributed by atoms with E-state index >= 15 is 0 Å². The van der Waals surface area contributed by atoms with Gasteiger partial charge >= 0.3 is 0 Å². The third-order valence-electron chi connectivity index (χ3n) is 2.34. The van der Waals surface area contributed by atoms with Gasteiger partial charge in [0.1, 0.15) is 11.5 Å². The van der Waals surface area contributed by atoms with Crippen LogP contribution in [-0.4, -0.2) is 0 Å². The molecule has 0 heterocycles. The van der Waals surface area contributed by atoms with Crippen LogP contribution in [0.4, 0.5) is 0 Å². The van der Waals surface area contributed by atoms with Gasteiger partial charge in [-0.25, -0.2) is 0 Å². The van der Waals surface area contributed by atoms with Crippen molar-refractivity contribution in [1.82, 2.24) is 0 Å². The van der Waals surface area contributed by atoms with E-state index in [4.69, 9.17) is 22.1 Å². The molecule has 17 heavy (non-hydrogen) atoms. The molecule has 0 aromatic heterocycles. The summed E-state index contributed by atoms with van der Waals surface area (Å²) >= 11 is 8.30. The standard InChI is InChI=1S/C13H11ClINO/c14-10-4-3-7-12(9(10)8-16)17-13-6-2-1-5-11(13)15/h1-7H,8,16H2. The van der Waals surface area contributed by atoms with Crippen LogP contribution >= 0.6 is 34.2 Å². The minimum atomic E-state index is 0.360. The molecule has 0 aliphatic carbocycles. The van der Waals surface area contributed by atoms with E-state index in [1.54, 1.807) is 0 Å². The predicted molar refractivity (Wildman–Crippen MR) is 78.6 cm³/mol. The summed E-state index contributed by atoms with van der Waals surface area (Å²) in [5.74, 6) is 1.52. The Morgan fingerprint density at radius 1 is 1.06 bits per heavy atom. The predicted octanol–water partition coefficient (Wildman–Crippen LogP) is 4.20. The summed E-state index contributed by atoms with van der Waals surface area (Å²) in [4.78, 5) is 0. The van der Waals surface area contributed by atoms with Crippen LogP contribution in [0.15, 0.2) is 42.5 Å². The highest BCUT2D eigenvalue weighted by Gasteiger charge is 2.08. The molecular weight excluding hydrogens is 349 g/mol. The van der Waals surface area contributed by atoms with Crippen molar-refractivity contribution in [3.8, 4) is 11.5 Å². The first kappa shape index (κ1) is 12.7. The lowest BCUT2D eigenvalue weighted by atomic mass is 10.2. The first-order valence-electron chi connectivity index (χ1n) is 5.12. The van der Waals surface area contributed by atoms with Gasteiger partial charge in [0.15, 0.2) is 0 Å². The molecule has 2 N–H and O–H groups in total. The third-order valence-corrected chi connectivity index (χ3v) is 3.58. The van der Waals surface area contributed by atoms with E-state index in [2.05, 4.69) is 22.6 Å². The highest BCUT2D eigenvalue weighted by atomic mass is 127. The maximum absolute atomic E-state index is 6.07. The summed E-state index contributed by atoms with van der Waals surface area (Å²) in [5, 5.41) is 0.635. The Morgan fingerprint density at radius 3 is 2.47 bits per heavy atom. The van der Waals surface area contributed by atoms with Crippen molar-refractivity contribution in [2.24, 2.45) is 5.73 Å². The molecule has 0 saturated carbocycles. The zero-order valence-corrected chi connectivity index (χ0v) is 11.9. The molecule has 0 amide bonds. The number of halogens is 2. The molecule has 0 unspecified atom stereocenters. The number of hydrogen-bond acceptors (Lipinski definition) is 2. The Balaban J connectivity index is 2.37. The average Bonchev–Trinajstić information content (AvgIpc) is 2.32. The molecule has 0 saturated heterocycles. The lowest BCUT2D eigenvalue weighted by Gasteiger charge is -2.12. The topological polar surface area (TPSA) is 35.2 Å². The minimum Gasteiger partial charge on any atom is -0.456 e. The van der Waals surface area contributed by atoms with E-state index < -0.39 is 0 Å². The van der Waals surface area contributed by atoms with Crippen molar-refractivity contribution < 1.29 is 4.74 Å². The zero-order chi connectivity index (χ0) is 12.3. The molecule has 0 aliphatic rings. The number of rotatable bonds is 3. The highest BCUT2D eigenvalue weighted by Crippen LogP contribution is 2.32. The molecule has 2 aromatic rings. The van der Waals surface area contributed by atoms with E-state index in [9.17, 15) is 0 Å². The first-order chi connectivity index (χ1) is 8.22. The van der Waals surface area contributed by atoms with E-state index in [1.807, 2.05) is 42.5 Å². The lowest BCUT2D eigenvalue weighted by molar-refractivity contribution is 0.473. The van der Waals surface area contributed by atoms with Gasteiger partial charge in [0.05, 0.1) is 3.57 Å². The van der Waals surface area contributed by atoms with Gasteiger partial charge in [-0.3, -0.25) is 0 Å².